The van der Waals surface area contributed by atoms with Crippen molar-refractivity contribution < 1.29 is 9.32 Å². The van der Waals surface area contributed by atoms with Gasteiger partial charge in [-0.15, -0.1) is 11.3 Å². The number of carbonyl (C=O) groups excluding carboxylic acids is 1. The Morgan fingerprint density at radius 1 is 1.33 bits per heavy atom. The van der Waals surface area contributed by atoms with Crippen LogP contribution in [0, 0.1) is 12.8 Å². The Kier molecular flexibility index (Phi) is 3.90. The molecular formula is C18H17N3O2S. The summed E-state index contributed by atoms with van der Waals surface area (Å²) in [5.74, 6) is 1.13. The number of hydrogen-bond donors (Lipinski definition) is 1. The summed E-state index contributed by atoms with van der Waals surface area (Å²) in [6, 6.07) is 11.9. The molecule has 1 N–H and O–H groups in total. The summed E-state index contributed by atoms with van der Waals surface area (Å²) in [5, 5.41) is 7.70. The Balaban J connectivity index is 1.49. The van der Waals surface area contributed by atoms with Crippen LogP contribution < -0.4 is 5.32 Å². The SMILES string of the molecule is Cc1cc(NC(=O)C2CCc3nc(-c4ccccc4)sc3C2)no1. The van der Waals surface area contributed by atoms with Gasteiger partial charge in [-0.2, -0.15) is 0 Å². The molecule has 3 aromatic rings. The van der Waals surface area contributed by atoms with Gasteiger partial charge in [0, 0.05) is 22.4 Å². The maximum absolute atomic E-state index is 12.5. The third-order valence-corrected chi connectivity index (χ3v) is 5.38. The van der Waals surface area contributed by atoms with Crippen molar-refractivity contribution >= 4 is 23.1 Å². The van der Waals surface area contributed by atoms with Gasteiger partial charge in [0.1, 0.15) is 10.8 Å². The molecule has 0 saturated heterocycles. The largest absolute Gasteiger partial charge is 0.360 e. The van der Waals surface area contributed by atoms with Gasteiger partial charge < -0.3 is 9.84 Å². The van der Waals surface area contributed by atoms with Gasteiger partial charge in [0.05, 0.1) is 5.69 Å². The van der Waals surface area contributed by atoms with Crippen molar-refractivity contribution in [3.8, 4) is 10.6 Å². The van der Waals surface area contributed by atoms with Crippen LogP contribution in [-0.2, 0) is 17.6 Å². The van der Waals surface area contributed by atoms with E-state index in [-0.39, 0.29) is 11.8 Å². The lowest BCUT2D eigenvalue weighted by Crippen LogP contribution is -2.27. The van der Waals surface area contributed by atoms with Crippen molar-refractivity contribution in [1.82, 2.24) is 10.1 Å². The van der Waals surface area contributed by atoms with Crippen molar-refractivity contribution in [3.63, 3.8) is 0 Å². The number of aryl methyl sites for hydroxylation is 2. The Hall–Kier alpha value is -2.47. The molecule has 0 aliphatic heterocycles. The number of fused-ring (bicyclic) bond motifs is 1. The fourth-order valence-electron chi connectivity index (χ4n) is 2.96. The number of aromatic nitrogens is 2. The summed E-state index contributed by atoms with van der Waals surface area (Å²) in [4.78, 5) is 18.4. The highest BCUT2D eigenvalue weighted by atomic mass is 32.1. The number of benzene rings is 1. The van der Waals surface area contributed by atoms with E-state index in [1.807, 2.05) is 18.2 Å². The molecule has 0 fully saturated rings. The molecule has 1 aliphatic rings. The van der Waals surface area contributed by atoms with E-state index in [0.29, 0.717) is 11.6 Å². The number of nitrogens with one attached hydrogen (secondary N) is 1. The predicted molar refractivity (Wildman–Crippen MR) is 92.9 cm³/mol. The molecule has 1 atom stereocenters. The first-order valence-electron chi connectivity index (χ1n) is 7.97. The number of nitrogens with zero attached hydrogens (tertiary/aromatic N) is 2. The van der Waals surface area contributed by atoms with E-state index >= 15 is 0 Å². The minimum atomic E-state index is -0.0430. The van der Waals surface area contributed by atoms with Crippen molar-refractivity contribution in [2.45, 2.75) is 26.2 Å². The summed E-state index contributed by atoms with van der Waals surface area (Å²) in [6.45, 7) is 1.80. The zero-order valence-electron chi connectivity index (χ0n) is 13.3. The van der Waals surface area contributed by atoms with Crippen molar-refractivity contribution in [1.29, 1.82) is 0 Å². The Labute approximate surface area is 143 Å². The fourth-order valence-corrected chi connectivity index (χ4v) is 4.15. The Morgan fingerprint density at radius 3 is 2.92 bits per heavy atom. The summed E-state index contributed by atoms with van der Waals surface area (Å²) in [6.07, 6.45) is 2.39. The van der Waals surface area contributed by atoms with Crippen molar-refractivity contribution in [2.75, 3.05) is 5.32 Å². The monoisotopic (exact) mass is 339 g/mol. The summed E-state index contributed by atoms with van der Waals surface area (Å²) >= 11 is 1.69. The molecule has 5 nitrogen and oxygen atoms in total. The fraction of sp³-hybridized carbons (Fsp3) is 0.278. The van der Waals surface area contributed by atoms with Gasteiger partial charge in [0.15, 0.2) is 5.82 Å². The molecular weight excluding hydrogens is 322 g/mol. The first-order chi connectivity index (χ1) is 11.7. The number of rotatable bonds is 3. The third-order valence-electron chi connectivity index (χ3n) is 4.21. The van der Waals surface area contributed by atoms with E-state index in [2.05, 4.69) is 22.6 Å². The maximum Gasteiger partial charge on any atom is 0.229 e. The number of hydrogen-bond acceptors (Lipinski definition) is 5. The zero-order chi connectivity index (χ0) is 16.5. The quantitative estimate of drug-likeness (QED) is 0.787. The van der Waals surface area contributed by atoms with E-state index in [9.17, 15) is 4.79 Å². The molecule has 1 aliphatic carbocycles. The minimum Gasteiger partial charge on any atom is -0.360 e. The van der Waals surface area contributed by atoms with Crippen molar-refractivity contribution in [3.05, 3.63) is 52.7 Å². The number of thiazole rings is 1. The molecule has 24 heavy (non-hydrogen) atoms. The number of carbonyl (C=O) groups is 1. The summed E-state index contributed by atoms with van der Waals surface area (Å²) < 4.78 is 4.99. The van der Waals surface area contributed by atoms with Crippen LogP contribution in [0.25, 0.3) is 10.6 Å². The first-order valence-corrected chi connectivity index (χ1v) is 8.79. The van der Waals surface area contributed by atoms with E-state index in [1.54, 1.807) is 24.3 Å². The second-order valence-electron chi connectivity index (χ2n) is 6.01. The van der Waals surface area contributed by atoms with Crippen LogP contribution in [-0.4, -0.2) is 16.0 Å². The molecule has 2 heterocycles. The topological polar surface area (TPSA) is 68.0 Å². The molecule has 1 unspecified atom stereocenters. The Morgan fingerprint density at radius 2 is 2.17 bits per heavy atom. The van der Waals surface area contributed by atoms with E-state index in [0.717, 1.165) is 35.5 Å². The average Bonchev–Trinajstić information content (AvgIpc) is 3.21. The van der Waals surface area contributed by atoms with Crippen LogP contribution in [0.4, 0.5) is 5.82 Å². The third kappa shape index (κ3) is 2.97. The molecule has 0 saturated carbocycles. The zero-order valence-corrected chi connectivity index (χ0v) is 14.1. The first kappa shape index (κ1) is 15.1. The molecule has 6 heteroatoms. The number of amides is 1. The van der Waals surface area contributed by atoms with Gasteiger partial charge >= 0.3 is 0 Å². The standard InChI is InChI=1S/C18H17N3O2S/c1-11-9-16(21-23-11)20-17(22)13-7-8-14-15(10-13)24-18(19-14)12-5-3-2-4-6-12/h2-6,9,13H,7-8,10H2,1H3,(H,20,21,22). The van der Waals surface area contributed by atoms with E-state index < -0.39 is 0 Å². The second-order valence-corrected chi connectivity index (χ2v) is 7.09. The lowest BCUT2D eigenvalue weighted by Gasteiger charge is -2.19. The molecule has 122 valence electrons. The van der Waals surface area contributed by atoms with Gasteiger partial charge in [-0.25, -0.2) is 4.98 Å². The van der Waals surface area contributed by atoms with Crippen LogP contribution in [0.2, 0.25) is 0 Å². The molecule has 4 rings (SSSR count). The van der Waals surface area contributed by atoms with Crippen molar-refractivity contribution in [2.24, 2.45) is 5.92 Å². The smallest absolute Gasteiger partial charge is 0.229 e. The van der Waals surface area contributed by atoms with Gasteiger partial charge in [-0.05, 0) is 26.2 Å². The van der Waals surface area contributed by atoms with Crippen LogP contribution in [0.5, 0.6) is 0 Å². The van der Waals surface area contributed by atoms with E-state index in [1.165, 1.54) is 4.88 Å². The molecule has 2 aromatic heterocycles. The maximum atomic E-state index is 12.5. The van der Waals surface area contributed by atoms with E-state index in [4.69, 9.17) is 9.51 Å². The molecule has 0 radical (unpaired) electrons. The van der Waals surface area contributed by atoms with Gasteiger partial charge in [0.25, 0.3) is 0 Å². The highest BCUT2D eigenvalue weighted by Crippen LogP contribution is 2.34. The van der Waals surface area contributed by atoms with Crippen LogP contribution >= 0.6 is 11.3 Å². The summed E-state index contributed by atoms with van der Waals surface area (Å²) in [5.41, 5.74) is 2.27. The van der Waals surface area contributed by atoms with Crippen LogP contribution in [0.3, 0.4) is 0 Å². The predicted octanol–water partition coefficient (Wildman–Crippen LogP) is 3.85. The minimum absolute atomic E-state index is 0.00334. The average molecular weight is 339 g/mol. The molecule has 0 bridgehead atoms. The lowest BCUT2D eigenvalue weighted by molar-refractivity contribution is -0.120. The number of anilines is 1. The van der Waals surface area contributed by atoms with Gasteiger partial charge in [-0.1, -0.05) is 35.5 Å². The molecule has 0 spiro atoms. The normalized spacial score (nSPS) is 16.6. The second kappa shape index (κ2) is 6.20. The van der Waals surface area contributed by atoms with Gasteiger partial charge in [-0.3, -0.25) is 4.79 Å². The van der Waals surface area contributed by atoms with Gasteiger partial charge in [0.2, 0.25) is 5.91 Å². The summed E-state index contributed by atoms with van der Waals surface area (Å²) in [7, 11) is 0. The lowest BCUT2D eigenvalue weighted by atomic mass is 9.90. The highest BCUT2D eigenvalue weighted by molar-refractivity contribution is 7.15. The molecule has 1 aromatic carbocycles. The highest BCUT2D eigenvalue weighted by Gasteiger charge is 2.28. The van der Waals surface area contributed by atoms with Crippen LogP contribution in [0.15, 0.2) is 40.9 Å². The van der Waals surface area contributed by atoms with Crippen LogP contribution in [0.1, 0.15) is 22.8 Å². The molecule has 1 amide bonds. The Bertz CT molecular complexity index is 870.